The summed E-state index contributed by atoms with van der Waals surface area (Å²) in [5.74, 6) is 0. The Hall–Kier alpha value is -0.120. The minimum Gasteiger partial charge on any atom is -0.378 e. The maximum atomic E-state index is 5.96. The van der Waals surface area contributed by atoms with Crippen LogP contribution in [0.25, 0.3) is 0 Å². The van der Waals surface area contributed by atoms with Crippen LogP contribution in [-0.2, 0) is 9.47 Å². The van der Waals surface area contributed by atoms with Crippen LogP contribution in [0.15, 0.2) is 0 Å². The summed E-state index contributed by atoms with van der Waals surface area (Å²) in [7, 11) is 0. The summed E-state index contributed by atoms with van der Waals surface area (Å²) in [6, 6.07) is 0. The third kappa shape index (κ3) is 4.04. The average molecular weight is 229 g/mol. The Labute approximate surface area is 99.7 Å². The van der Waals surface area contributed by atoms with Crippen molar-refractivity contribution in [2.75, 3.05) is 19.8 Å². The molecule has 1 rings (SSSR count). The molecule has 1 fully saturated rings. The lowest BCUT2D eigenvalue weighted by molar-refractivity contribution is -0.0486. The zero-order valence-electron chi connectivity index (χ0n) is 10.8. The highest BCUT2D eigenvalue weighted by atomic mass is 16.5. The molecule has 2 N–H and O–H groups in total. The molecule has 0 aliphatic carbocycles. The molecular formula is C13H27NO2. The van der Waals surface area contributed by atoms with Gasteiger partial charge in [-0.15, -0.1) is 0 Å². The molecule has 0 spiro atoms. The van der Waals surface area contributed by atoms with Gasteiger partial charge in [-0.05, 0) is 38.5 Å². The van der Waals surface area contributed by atoms with Crippen LogP contribution in [0.4, 0.5) is 0 Å². The van der Waals surface area contributed by atoms with Crippen molar-refractivity contribution < 1.29 is 9.47 Å². The molecule has 0 aromatic rings. The SMILES string of the molecule is CCC(CC)(CN)OCCCC1CCCO1. The van der Waals surface area contributed by atoms with E-state index >= 15 is 0 Å². The minimum atomic E-state index is -0.0868. The zero-order valence-corrected chi connectivity index (χ0v) is 10.8. The lowest BCUT2D eigenvalue weighted by Gasteiger charge is -2.30. The maximum absolute atomic E-state index is 5.96. The molecule has 1 saturated heterocycles. The van der Waals surface area contributed by atoms with E-state index in [0.29, 0.717) is 12.6 Å². The van der Waals surface area contributed by atoms with Crippen molar-refractivity contribution in [3.8, 4) is 0 Å². The lowest BCUT2D eigenvalue weighted by atomic mass is 9.97. The van der Waals surface area contributed by atoms with Gasteiger partial charge in [-0.3, -0.25) is 0 Å². The number of hydrogen-bond acceptors (Lipinski definition) is 3. The molecule has 0 radical (unpaired) electrons. The molecule has 3 nitrogen and oxygen atoms in total. The van der Waals surface area contributed by atoms with Gasteiger partial charge in [0.1, 0.15) is 0 Å². The second-order valence-electron chi connectivity index (χ2n) is 4.72. The van der Waals surface area contributed by atoms with E-state index in [0.717, 1.165) is 38.9 Å². The van der Waals surface area contributed by atoms with Crippen molar-refractivity contribution in [2.24, 2.45) is 5.73 Å². The Kier molecular flexibility index (Phi) is 6.32. The second kappa shape index (κ2) is 7.25. The highest BCUT2D eigenvalue weighted by Crippen LogP contribution is 2.21. The van der Waals surface area contributed by atoms with Gasteiger partial charge in [-0.1, -0.05) is 13.8 Å². The summed E-state index contributed by atoms with van der Waals surface area (Å²) >= 11 is 0. The Morgan fingerprint density at radius 1 is 1.38 bits per heavy atom. The second-order valence-corrected chi connectivity index (χ2v) is 4.72. The Morgan fingerprint density at radius 2 is 2.12 bits per heavy atom. The molecule has 1 heterocycles. The fraction of sp³-hybridized carbons (Fsp3) is 1.00. The summed E-state index contributed by atoms with van der Waals surface area (Å²) in [5.41, 5.74) is 5.70. The first-order chi connectivity index (χ1) is 7.76. The smallest absolute Gasteiger partial charge is 0.0798 e. The molecule has 0 bridgehead atoms. The number of rotatable bonds is 8. The van der Waals surface area contributed by atoms with Gasteiger partial charge in [0.05, 0.1) is 11.7 Å². The van der Waals surface area contributed by atoms with Crippen LogP contribution in [0.5, 0.6) is 0 Å². The molecule has 1 unspecified atom stereocenters. The molecular weight excluding hydrogens is 202 g/mol. The fourth-order valence-electron chi connectivity index (χ4n) is 2.27. The van der Waals surface area contributed by atoms with Crippen molar-refractivity contribution >= 4 is 0 Å². The van der Waals surface area contributed by atoms with Gasteiger partial charge in [0, 0.05) is 19.8 Å². The van der Waals surface area contributed by atoms with Gasteiger partial charge < -0.3 is 15.2 Å². The van der Waals surface area contributed by atoms with E-state index in [9.17, 15) is 0 Å². The van der Waals surface area contributed by atoms with E-state index in [2.05, 4.69) is 13.8 Å². The Balaban J connectivity index is 2.12. The normalized spacial score (nSPS) is 21.6. The van der Waals surface area contributed by atoms with Crippen molar-refractivity contribution in [1.29, 1.82) is 0 Å². The third-order valence-corrected chi connectivity index (χ3v) is 3.76. The predicted molar refractivity (Wildman–Crippen MR) is 66.5 cm³/mol. The van der Waals surface area contributed by atoms with Gasteiger partial charge in [0.25, 0.3) is 0 Å². The molecule has 16 heavy (non-hydrogen) atoms. The first-order valence-electron chi connectivity index (χ1n) is 6.72. The standard InChI is InChI=1S/C13H27NO2/c1-3-13(4-2,11-14)16-10-6-8-12-7-5-9-15-12/h12H,3-11,14H2,1-2H3. The van der Waals surface area contributed by atoms with Crippen molar-refractivity contribution in [3.63, 3.8) is 0 Å². The van der Waals surface area contributed by atoms with Gasteiger partial charge in [-0.2, -0.15) is 0 Å². The van der Waals surface area contributed by atoms with Gasteiger partial charge in [0.2, 0.25) is 0 Å². The van der Waals surface area contributed by atoms with Crippen LogP contribution >= 0.6 is 0 Å². The van der Waals surface area contributed by atoms with Crippen LogP contribution in [0.3, 0.4) is 0 Å². The zero-order chi connectivity index (χ0) is 11.9. The maximum Gasteiger partial charge on any atom is 0.0798 e. The van der Waals surface area contributed by atoms with E-state index in [-0.39, 0.29) is 5.60 Å². The highest BCUT2D eigenvalue weighted by molar-refractivity contribution is 4.78. The van der Waals surface area contributed by atoms with Crippen LogP contribution < -0.4 is 5.73 Å². The van der Waals surface area contributed by atoms with E-state index in [1.54, 1.807) is 0 Å². The summed E-state index contributed by atoms with van der Waals surface area (Å²) in [4.78, 5) is 0. The van der Waals surface area contributed by atoms with E-state index in [1.165, 1.54) is 12.8 Å². The van der Waals surface area contributed by atoms with E-state index < -0.39 is 0 Å². The monoisotopic (exact) mass is 229 g/mol. The fourth-order valence-corrected chi connectivity index (χ4v) is 2.27. The van der Waals surface area contributed by atoms with Crippen molar-refractivity contribution in [1.82, 2.24) is 0 Å². The van der Waals surface area contributed by atoms with Gasteiger partial charge in [0.15, 0.2) is 0 Å². The van der Waals surface area contributed by atoms with Gasteiger partial charge in [-0.25, -0.2) is 0 Å². The van der Waals surface area contributed by atoms with Crippen LogP contribution in [-0.4, -0.2) is 31.5 Å². The summed E-state index contributed by atoms with van der Waals surface area (Å²) < 4.78 is 11.5. The number of hydrogen-bond donors (Lipinski definition) is 1. The van der Waals surface area contributed by atoms with E-state index in [4.69, 9.17) is 15.2 Å². The topological polar surface area (TPSA) is 44.5 Å². The third-order valence-electron chi connectivity index (χ3n) is 3.76. The van der Waals surface area contributed by atoms with Gasteiger partial charge >= 0.3 is 0 Å². The summed E-state index contributed by atoms with van der Waals surface area (Å²) in [5, 5.41) is 0. The molecule has 0 saturated carbocycles. The minimum absolute atomic E-state index is 0.0868. The molecule has 1 aliphatic heterocycles. The molecule has 96 valence electrons. The van der Waals surface area contributed by atoms with E-state index in [1.807, 2.05) is 0 Å². The quantitative estimate of drug-likeness (QED) is 0.650. The van der Waals surface area contributed by atoms with Crippen molar-refractivity contribution in [2.45, 2.75) is 64.1 Å². The molecule has 0 aromatic heterocycles. The molecule has 1 atom stereocenters. The number of ether oxygens (including phenoxy) is 2. The largest absolute Gasteiger partial charge is 0.378 e. The first kappa shape index (κ1) is 13.9. The number of nitrogens with two attached hydrogens (primary N) is 1. The molecule has 0 aromatic carbocycles. The lowest BCUT2D eigenvalue weighted by Crippen LogP contribution is -2.39. The summed E-state index contributed by atoms with van der Waals surface area (Å²) in [6.45, 7) is 6.69. The van der Waals surface area contributed by atoms with Crippen LogP contribution in [0.2, 0.25) is 0 Å². The molecule has 3 heteroatoms. The van der Waals surface area contributed by atoms with Crippen molar-refractivity contribution in [3.05, 3.63) is 0 Å². The van der Waals surface area contributed by atoms with Crippen LogP contribution in [0.1, 0.15) is 52.4 Å². The molecule has 0 amide bonds. The van der Waals surface area contributed by atoms with Crippen LogP contribution in [0, 0.1) is 0 Å². The Bertz CT molecular complexity index is 167. The predicted octanol–water partition coefficient (Wildman–Crippen LogP) is 2.48. The molecule has 1 aliphatic rings. The Morgan fingerprint density at radius 3 is 2.62 bits per heavy atom. The first-order valence-corrected chi connectivity index (χ1v) is 6.72. The summed E-state index contributed by atoms with van der Waals surface area (Å²) in [6.07, 6.45) is 7.16. The average Bonchev–Trinajstić information content (AvgIpc) is 2.83. The highest BCUT2D eigenvalue weighted by Gasteiger charge is 2.25.